The summed E-state index contributed by atoms with van der Waals surface area (Å²) in [6.07, 6.45) is 13.6. The Bertz CT molecular complexity index is 1190. The number of nitrogens with zero attached hydrogens (tertiary/aromatic N) is 3. The number of hydrogen-bond donors (Lipinski definition) is 2. The van der Waals surface area contributed by atoms with Crippen molar-refractivity contribution in [3.8, 4) is 0 Å². The zero-order valence-electron chi connectivity index (χ0n) is 22.8. The molecular formula is C31H40FN5S. The molecule has 1 heterocycles. The Hall–Kier alpha value is -3.06. The highest BCUT2D eigenvalue weighted by Gasteiger charge is 2.47. The Kier molecular flexibility index (Phi) is 8.66. The number of fused-ring (bicyclic) bond motifs is 3. The summed E-state index contributed by atoms with van der Waals surface area (Å²) in [6, 6.07) is 5.09. The van der Waals surface area contributed by atoms with E-state index >= 15 is 0 Å². The molecule has 7 heteroatoms. The molecule has 5 nitrogen and oxygen atoms in total. The van der Waals surface area contributed by atoms with Gasteiger partial charge < -0.3 is 10.6 Å². The molecule has 1 aromatic rings. The van der Waals surface area contributed by atoms with Crippen LogP contribution in [0.1, 0.15) is 62.5 Å². The van der Waals surface area contributed by atoms with Gasteiger partial charge in [0.1, 0.15) is 5.82 Å². The third-order valence-electron chi connectivity index (χ3n) is 8.70. The van der Waals surface area contributed by atoms with Gasteiger partial charge in [0.25, 0.3) is 0 Å². The highest BCUT2D eigenvalue weighted by molar-refractivity contribution is 7.78. The van der Waals surface area contributed by atoms with Crippen LogP contribution in [0.15, 0.2) is 77.2 Å². The first-order valence-corrected chi connectivity index (χ1v) is 13.9. The molecule has 3 aliphatic carbocycles. The molecule has 5 rings (SSSR count). The molecule has 3 saturated carbocycles. The largest absolute Gasteiger partial charge is 0.383 e. The van der Waals surface area contributed by atoms with E-state index in [1.807, 2.05) is 6.07 Å². The van der Waals surface area contributed by atoms with Crippen LogP contribution in [0, 0.1) is 23.6 Å². The van der Waals surface area contributed by atoms with Crippen LogP contribution in [0.2, 0.25) is 0 Å². The quantitative estimate of drug-likeness (QED) is 0.245. The van der Waals surface area contributed by atoms with E-state index in [9.17, 15) is 4.39 Å². The number of hydrogen-bond acceptors (Lipinski definition) is 4. The number of halogens is 1. The van der Waals surface area contributed by atoms with E-state index in [0.717, 1.165) is 35.6 Å². The lowest BCUT2D eigenvalue weighted by atomic mass is 9.53. The van der Waals surface area contributed by atoms with E-state index in [-0.39, 0.29) is 5.82 Å². The number of aryl methyl sites for hydroxylation is 1. The number of rotatable bonds is 11. The van der Waals surface area contributed by atoms with E-state index in [2.05, 4.69) is 47.5 Å². The van der Waals surface area contributed by atoms with Crippen LogP contribution in [-0.4, -0.2) is 35.7 Å². The minimum Gasteiger partial charge on any atom is -0.383 e. The maximum absolute atomic E-state index is 13.7. The molecule has 0 atom stereocenters. The molecule has 0 radical (unpaired) electrons. The fraction of sp³-hybridized carbons (Fsp3) is 0.452. The van der Waals surface area contributed by atoms with Gasteiger partial charge in [-0.25, -0.2) is 9.38 Å². The van der Waals surface area contributed by atoms with E-state index in [1.165, 1.54) is 50.1 Å². The van der Waals surface area contributed by atoms with Gasteiger partial charge in [0.05, 0.1) is 22.6 Å². The summed E-state index contributed by atoms with van der Waals surface area (Å²) < 4.78 is 13.7. The van der Waals surface area contributed by atoms with E-state index in [4.69, 9.17) is 17.2 Å². The lowest BCUT2D eigenvalue weighted by Crippen LogP contribution is -2.46. The molecule has 1 aromatic carbocycles. The summed E-state index contributed by atoms with van der Waals surface area (Å²) in [6.45, 7) is 15.8. The summed E-state index contributed by atoms with van der Waals surface area (Å²) in [5.41, 5.74) is 7.11. The second kappa shape index (κ2) is 11.8. The molecule has 38 heavy (non-hydrogen) atoms. The van der Waals surface area contributed by atoms with Crippen molar-refractivity contribution >= 4 is 29.4 Å². The average Bonchev–Trinajstić information content (AvgIpc) is 3.13. The standard InChI is InChI=1S/C31H40FN5S/c1-6-11-30-12-15-31(16-13-30,17-14-30)20-35-23(3)27-9-10-28(37(21-38)29(33-5)36-27)24(4)34-19-25-7-8-26(32)22(2)18-25/h6-8,10,18,21,34-35H,1,3-4,9,11-17,19-20H2,2,5H3. The van der Waals surface area contributed by atoms with Crippen LogP contribution < -0.4 is 10.6 Å². The number of guanidine groups is 1. The van der Waals surface area contributed by atoms with Crippen LogP contribution in [0.3, 0.4) is 0 Å². The lowest BCUT2D eigenvalue weighted by molar-refractivity contribution is -0.00453. The fourth-order valence-corrected chi connectivity index (χ4v) is 6.28. The molecule has 2 bridgehead atoms. The van der Waals surface area contributed by atoms with Gasteiger partial charge in [-0.2, -0.15) is 0 Å². The molecule has 0 saturated heterocycles. The van der Waals surface area contributed by atoms with Crippen molar-refractivity contribution in [2.24, 2.45) is 20.8 Å². The summed E-state index contributed by atoms with van der Waals surface area (Å²) in [5.74, 6) is 0.283. The smallest absolute Gasteiger partial charge is 0.230 e. The Morgan fingerprint density at radius 2 is 1.82 bits per heavy atom. The fourth-order valence-electron chi connectivity index (χ4n) is 6.07. The second-order valence-electron chi connectivity index (χ2n) is 11.1. The van der Waals surface area contributed by atoms with Gasteiger partial charge in [0, 0.05) is 32.3 Å². The summed E-state index contributed by atoms with van der Waals surface area (Å²) in [4.78, 5) is 11.0. The third-order valence-corrected chi connectivity index (χ3v) is 8.91. The maximum Gasteiger partial charge on any atom is 0.230 e. The Morgan fingerprint density at radius 3 is 2.42 bits per heavy atom. The van der Waals surface area contributed by atoms with Crippen molar-refractivity contribution < 1.29 is 4.39 Å². The van der Waals surface area contributed by atoms with Crippen LogP contribution in [0.4, 0.5) is 4.39 Å². The van der Waals surface area contributed by atoms with E-state index in [1.54, 1.807) is 24.9 Å². The van der Waals surface area contributed by atoms with Gasteiger partial charge >= 0.3 is 0 Å². The van der Waals surface area contributed by atoms with E-state index < -0.39 is 0 Å². The predicted molar refractivity (Wildman–Crippen MR) is 161 cm³/mol. The molecule has 0 spiro atoms. The van der Waals surface area contributed by atoms with Crippen molar-refractivity contribution in [1.29, 1.82) is 0 Å². The van der Waals surface area contributed by atoms with Crippen molar-refractivity contribution in [2.75, 3.05) is 13.6 Å². The first-order valence-electron chi connectivity index (χ1n) is 13.4. The van der Waals surface area contributed by atoms with Gasteiger partial charge in [0.2, 0.25) is 5.96 Å². The third kappa shape index (κ3) is 5.98. The molecule has 202 valence electrons. The van der Waals surface area contributed by atoms with Gasteiger partial charge in [0.15, 0.2) is 0 Å². The number of allylic oxidation sites excluding steroid dienone is 3. The van der Waals surface area contributed by atoms with E-state index in [0.29, 0.717) is 41.0 Å². The van der Waals surface area contributed by atoms with Crippen molar-refractivity contribution in [3.05, 3.63) is 84.1 Å². The molecule has 3 fully saturated rings. The highest BCUT2D eigenvalue weighted by Crippen LogP contribution is 2.58. The lowest BCUT2D eigenvalue weighted by Gasteiger charge is -2.53. The molecule has 1 aliphatic heterocycles. The number of thiocarbonyl (C=S) groups is 1. The highest BCUT2D eigenvalue weighted by atomic mass is 32.1. The topological polar surface area (TPSA) is 52.0 Å². The number of aliphatic imine (C=N–C) groups is 2. The predicted octanol–water partition coefficient (Wildman–Crippen LogP) is 6.73. The average molecular weight is 534 g/mol. The Morgan fingerprint density at radius 1 is 1.13 bits per heavy atom. The minimum atomic E-state index is -0.208. The van der Waals surface area contributed by atoms with Gasteiger partial charge in [-0.05, 0) is 79.9 Å². The maximum atomic E-state index is 13.7. The van der Waals surface area contributed by atoms with Crippen molar-refractivity contribution in [1.82, 2.24) is 15.5 Å². The Balaban J connectivity index is 1.41. The van der Waals surface area contributed by atoms with Gasteiger partial charge in [-0.15, -0.1) is 6.58 Å². The van der Waals surface area contributed by atoms with Gasteiger partial charge in [-0.3, -0.25) is 9.89 Å². The monoisotopic (exact) mass is 533 g/mol. The summed E-state index contributed by atoms with van der Waals surface area (Å²) in [7, 11) is 1.71. The summed E-state index contributed by atoms with van der Waals surface area (Å²) in [5, 5.41) is 6.99. The minimum absolute atomic E-state index is 0.208. The first-order chi connectivity index (χ1) is 18.2. The first kappa shape index (κ1) is 28.0. The van der Waals surface area contributed by atoms with Crippen LogP contribution >= 0.6 is 12.2 Å². The number of benzene rings is 1. The molecule has 0 amide bonds. The zero-order valence-corrected chi connectivity index (χ0v) is 23.6. The molecule has 2 N–H and O–H groups in total. The van der Waals surface area contributed by atoms with Crippen molar-refractivity contribution in [3.63, 3.8) is 0 Å². The Labute approximate surface area is 232 Å². The summed E-state index contributed by atoms with van der Waals surface area (Å²) >= 11 is 5.34. The second-order valence-corrected chi connectivity index (χ2v) is 11.3. The van der Waals surface area contributed by atoms with Crippen LogP contribution in [0.5, 0.6) is 0 Å². The molecule has 0 unspecified atom stereocenters. The van der Waals surface area contributed by atoms with Crippen LogP contribution in [0.25, 0.3) is 0 Å². The zero-order chi connectivity index (χ0) is 27.3. The SMILES string of the molecule is C=CCC12CCC(CNC(=C)C3=NC(=NC)N(C=S)C(C(=C)NCc4ccc(F)c(C)c4)=CC3)(CC1)CC2. The van der Waals surface area contributed by atoms with Crippen molar-refractivity contribution in [2.45, 2.75) is 64.8 Å². The van der Waals surface area contributed by atoms with Crippen LogP contribution in [-0.2, 0) is 6.54 Å². The van der Waals surface area contributed by atoms with Gasteiger partial charge in [-0.1, -0.05) is 49.7 Å². The number of nitrogens with one attached hydrogen (secondary N) is 2. The molecule has 4 aliphatic rings. The normalized spacial score (nSPS) is 25.8. The molecular weight excluding hydrogens is 493 g/mol. The molecule has 0 aromatic heterocycles.